The van der Waals surface area contributed by atoms with Crippen molar-refractivity contribution in [3.63, 3.8) is 0 Å². The molecule has 0 aromatic heterocycles. The zero-order valence-electron chi connectivity index (χ0n) is 14.2. The molecule has 128 valence electrons. The molecule has 1 saturated carbocycles. The van der Waals surface area contributed by atoms with Crippen LogP contribution in [0.15, 0.2) is 0 Å². The van der Waals surface area contributed by atoms with Crippen molar-refractivity contribution in [2.75, 3.05) is 26.7 Å². The molecule has 0 aromatic rings. The molecule has 0 radical (unpaired) electrons. The van der Waals surface area contributed by atoms with Gasteiger partial charge in [0.05, 0.1) is 12.5 Å². The second kappa shape index (κ2) is 9.10. The summed E-state index contributed by atoms with van der Waals surface area (Å²) < 4.78 is 5.16. The third-order valence-corrected chi connectivity index (χ3v) is 4.56. The lowest BCUT2D eigenvalue weighted by Crippen LogP contribution is -2.61. The Morgan fingerprint density at radius 2 is 1.82 bits per heavy atom. The van der Waals surface area contributed by atoms with E-state index in [1.165, 1.54) is 0 Å². The second-order valence-electron chi connectivity index (χ2n) is 5.97. The summed E-state index contributed by atoms with van der Waals surface area (Å²) in [4.78, 5) is 27.0. The number of amides is 2. The van der Waals surface area contributed by atoms with Gasteiger partial charge in [0.1, 0.15) is 5.54 Å². The third-order valence-electron chi connectivity index (χ3n) is 4.56. The number of likely N-dealkylation sites (N-methyl/N-ethyl adjacent to an activating group) is 1. The molecule has 1 unspecified atom stereocenters. The molecular weight excluding hydrogens is 282 g/mol. The van der Waals surface area contributed by atoms with Gasteiger partial charge in [0.25, 0.3) is 0 Å². The largest absolute Gasteiger partial charge is 0.380 e. The highest BCUT2D eigenvalue weighted by Crippen LogP contribution is 2.30. The van der Waals surface area contributed by atoms with E-state index >= 15 is 0 Å². The first kappa shape index (κ1) is 18.9. The van der Waals surface area contributed by atoms with E-state index in [2.05, 4.69) is 5.32 Å². The van der Waals surface area contributed by atoms with Gasteiger partial charge in [0, 0.05) is 26.7 Å². The number of hydrogen-bond acceptors (Lipinski definition) is 4. The van der Waals surface area contributed by atoms with Crippen molar-refractivity contribution >= 4 is 11.8 Å². The first-order valence-corrected chi connectivity index (χ1v) is 8.36. The maximum absolute atomic E-state index is 12.9. The molecule has 0 spiro atoms. The van der Waals surface area contributed by atoms with Crippen molar-refractivity contribution in [1.29, 1.82) is 0 Å². The summed E-state index contributed by atoms with van der Waals surface area (Å²) in [7, 11) is 1.54. The predicted octanol–water partition coefficient (Wildman–Crippen LogP) is 1.04. The molecule has 1 rings (SSSR count). The molecule has 6 nitrogen and oxygen atoms in total. The minimum absolute atomic E-state index is 0.0484. The van der Waals surface area contributed by atoms with Gasteiger partial charge < -0.3 is 20.7 Å². The van der Waals surface area contributed by atoms with Gasteiger partial charge in [-0.25, -0.2) is 0 Å². The summed E-state index contributed by atoms with van der Waals surface area (Å²) in [6.07, 6.45) is 4.38. The van der Waals surface area contributed by atoms with Crippen LogP contribution in [0.4, 0.5) is 0 Å². The summed E-state index contributed by atoms with van der Waals surface area (Å²) in [5.74, 6) is -0.105. The maximum Gasteiger partial charge on any atom is 0.248 e. The fourth-order valence-electron chi connectivity index (χ4n) is 3.15. The van der Waals surface area contributed by atoms with Crippen LogP contribution in [0.1, 0.15) is 52.4 Å². The highest BCUT2D eigenvalue weighted by Gasteiger charge is 2.42. The van der Waals surface area contributed by atoms with Gasteiger partial charge in [0.2, 0.25) is 11.8 Å². The molecule has 22 heavy (non-hydrogen) atoms. The monoisotopic (exact) mass is 313 g/mol. The van der Waals surface area contributed by atoms with Gasteiger partial charge in [-0.1, -0.05) is 19.3 Å². The Balaban J connectivity index is 2.83. The van der Waals surface area contributed by atoms with Crippen molar-refractivity contribution in [3.05, 3.63) is 0 Å². The minimum Gasteiger partial charge on any atom is -0.380 e. The number of carbonyl (C=O) groups is 2. The van der Waals surface area contributed by atoms with Gasteiger partial charge in [-0.05, 0) is 26.7 Å². The predicted molar refractivity (Wildman–Crippen MR) is 86.4 cm³/mol. The highest BCUT2D eigenvalue weighted by atomic mass is 16.5. The van der Waals surface area contributed by atoms with Crippen LogP contribution in [0.3, 0.4) is 0 Å². The van der Waals surface area contributed by atoms with E-state index in [-0.39, 0.29) is 24.3 Å². The van der Waals surface area contributed by atoms with Gasteiger partial charge in [0.15, 0.2) is 0 Å². The zero-order chi connectivity index (χ0) is 16.6. The second-order valence-corrected chi connectivity index (χ2v) is 5.97. The SMILES string of the molecule is CCN(CC)C(=O)C1(NC(=O)CC(CN)OC)CCCCC1. The number of nitrogens with one attached hydrogen (secondary N) is 1. The Labute approximate surface area is 133 Å². The molecule has 6 heteroatoms. The van der Waals surface area contributed by atoms with E-state index in [1.807, 2.05) is 18.7 Å². The van der Waals surface area contributed by atoms with Crippen molar-refractivity contribution in [1.82, 2.24) is 10.2 Å². The van der Waals surface area contributed by atoms with Gasteiger partial charge in [-0.15, -0.1) is 0 Å². The van der Waals surface area contributed by atoms with Gasteiger partial charge in [-0.2, -0.15) is 0 Å². The molecule has 0 saturated heterocycles. The van der Waals surface area contributed by atoms with E-state index in [9.17, 15) is 9.59 Å². The zero-order valence-corrected chi connectivity index (χ0v) is 14.2. The van der Waals surface area contributed by atoms with E-state index in [0.717, 1.165) is 19.3 Å². The van der Waals surface area contributed by atoms with Gasteiger partial charge in [-0.3, -0.25) is 9.59 Å². The minimum atomic E-state index is -0.742. The summed E-state index contributed by atoms with van der Waals surface area (Å²) in [6, 6.07) is 0. The Morgan fingerprint density at radius 1 is 1.23 bits per heavy atom. The number of ether oxygens (including phenoxy) is 1. The summed E-state index contributed by atoms with van der Waals surface area (Å²) in [5.41, 5.74) is 4.83. The molecule has 0 heterocycles. The average Bonchev–Trinajstić information content (AvgIpc) is 2.54. The van der Waals surface area contributed by atoms with Crippen LogP contribution in [0.25, 0.3) is 0 Å². The molecule has 0 aromatic carbocycles. The summed E-state index contributed by atoms with van der Waals surface area (Å²) in [6.45, 7) is 5.55. The smallest absolute Gasteiger partial charge is 0.248 e. The molecule has 1 atom stereocenters. The van der Waals surface area contributed by atoms with Crippen LogP contribution in [-0.2, 0) is 14.3 Å². The lowest BCUT2D eigenvalue weighted by atomic mass is 9.80. The Morgan fingerprint density at radius 3 is 2.27 bits per heavy atom. The van der Waals surface area contributed by atoms with Crippen LogP contribution in [-0.4, -0.2) is 55.1 Å². The fraction of sp³-hybridized carbons (Fsp3) is 0.875. The summed E-state index contributed by atoms with van der Waals surface area (Å²) in [5, 5.41) is 3.01. The van der Waals surface area contributed by atoms with E-state index < -0.39 is 5.54 Å². The lowest BCUT2D eigenvalue weighted by molar-refractivity contribution is -0.143. The van der Waals surface area contributed by atoms with Crippen LogP contribution < -0.4 is 11.1 Å². The summed E-state index contributed by atoms with van der Waals surface area (Å²) >= 11 is 0. The number of carbonyl (C=O) groups excluding carboxylic acids is 2. The Kier molecular flexibility index (Phi) is 7.82. The molecule has 1 aliphatic rings. The maximum atomic E-state index is 12.9. The molecule has 1 fully saturated rings. The van der Waals surface area contributed by atoms with Crippen LogP contribution >= 0.6 is 0 Å². The quantitative estimate of drug-likeness (QED) is 0.701. The van der Waals surface area contributed by atoms with E-state index in [0.29, 0.717) is 32.5 Å². The van der Waals surface area contributed by atoms with E-state index in [4.69, 9.17) is 10.5 Å². The molecular formula is C16H31N3O3. The number of methoxy groups -OCH3 is 1. The highest BCUT2D eigenvalue weighted by molar-refractivity contribution is 5.91. The number of nitrogens with zero attached hydrogens (tertiary/aromatic N) is 1. The van der Waals surface area contributed by atoms with E-state index in [1.54, 1.807) is 7.11 Å². The molecule has 0 bridgehead atoms. The normalized spacial score (nSPS) is 18.5. The van der Waals surface area contributed by atoms with Gasteiger partial charge >= 0.3 is 0 Å². The fourth-order valence-corrected chi connectivity index (χ4v) is 3.15. The van der Waals surface area contributed by atoms with Crippen molar-refractivity contribution in [2.45, 2.75) is 64.0 Å². The molecule has 3 N–H and O–H groups in total. The molecule has 1 aliphatic carbocycles. The van der Waals surface area contributed by atoms with Crippen molar-refractivity contribution in [3.8, 4) is 0 Å². The molecule has 2 amide bonds. The number of nitrogens with two attached hydrogens (primary N) is 1. The van der Waals surface area contributed by atoms with Crippen molar-refractivity contribution in [2.24, 2.45) is 5.73 Å². The average molecular weight is 313 g/mol. The molecule has 0 aliphatic heterocycles. The standard InChI is InChI=1S/C16H31N3O3/c1-4-19(5-2)15(21)16(9-7-6-8-10-16)18-14(20)11-13(12-17)22-3/h13H,4-12,17H2,1-3H3,(H,18,20). The Hall–Kier alpha value is -1.14. The van der Waals surface area contributed by atoms with Crippen LogP contribution in [0.2, 0.25) is 0 Å². The number of rotatable bonds is 8. The van der Waals surface area contributed by atoms with Crippen molar-refractivity contribution < 1.29 is 14.3 Å². The Bertz CT molecular complexity index is 360. The first-order chi connectivity index (χ1) is 10.5. The first-order valence-electron chi connectivity index (χ1n) is 8.36. The lowest BCUT2D eigenvalue weighted by Gasteiger charge is -2.40. The van der Waals surface area contributed by atoms with Crippen LogP contribution in [0.5, 0.6) is 0 Å². The topological polar surface area (TPSA) is 84.7 Å². The number of hydrogen-bond donors (Lipinski definition) is 2. The third kappa shape index (κ3) is 4.68. The van der Waals surface area contributed by atoms with Crippen LogP contribution in [0, 0.1) is 0 Å².